The number of fused-ring (bicyclic) bond motifs is 1. The molecule has 2 aliphatic rings. The predicted octanol–water partition coefficient (Wildman–Crippen LogP) is 1.95. The maximum Gasteiger partial charge on any atom is 0.259 e. The Morgan fingerprint density at radius 3 is 2.52 bits per heavy atom. The van der Waals surface area contributed by atoms with Crippen molar-refractivity contribution < 1.29 is 23.1 Å². The zero-order chi connectivity index (χ0) is 23.5. The van der Waals surface area contributed by atoms with E-state index in [0.29, 0.717) is 24.3 Å². The molecule has 3 heterocycles. The van der Waals surface area contributed by atoms with E-state index in [1.54, 1.807) is 16.7 Å². The minimum atomic E-state index is -0.642. The molecule has 0 N–H and O–H groups in total. The van der Waals surface area contributed by atoms with E-state index in [-0.39, 0.29) is 61.2 Å². The number of thioether (sulfide) groups is 1. The van der Waals surface area contributed by atoms with Crippen LogP contribution in [0.5, 0.6) is 5.75 Å². The lowest BCUT2D eigenvalue weighted by Crippen LogP contribution is -2.39. The van der Waals surface area contributed by atoms with Crippen molar-refractivity contribution in [3.8, 4) is 5.75 Å². The molecule has 1 aromatic carbocycles. The summed E-state index contributed by atoms with van der Waals surface area (Å²) in [5.41, 5.74) is 0.571. The van der Waals surface area contributed by atoms with Crippen LogP contribution in [0.1, 0.15) is 21.6 Å². The van der Waals surface area contributed by atoms with E-state index in [2.05, 4.69) is 0 Å². The van der Waals surface area contributed by atoms with Crippen LogP contribution in [0.3, 0.4) is 0 Å². The fourth-order valence-electron chi connectivity index (χ4n) is 4.27. The minimum Gasteiger partial charge on any atom is -0.496 e. The van der Waals surface area contributed by atoms with Crippen molar-refractivity contribution >= 4 is 23.6 Å². The van der Waals surface area contributed by atoms with Crippen LogP contribution >= 0.6 is 11.8 Å². The Kier molecular flexibility index (Phi) is 7.02. The first kappa shape index (κ1) is 23.3. The first-order valence-electron chi connectivity index (χ1n) is 10.8. The number of amides is 2. The summed E-state index contributed by atoms with van der Waals surface area (Å²) in [5.74, 6) is 0.128. The molecule has 176 valence electrons. The van der Waals surface area contributed by atoms with Crippen LogP contribution in [-0.4, -0.2) is 71.0 Å². The molecule has 1 aromatic heterocycles. The molecule has 0 atom stereocenters. The molecule has 0 radical (unpaired) electrons. The SMILES string of the molecule is COc1cc(=O)n2c(c1C(=O)N1CCSCC1)CCN(C(=O)Cc1cc(F)ccc1F)CC2. The van der Waals surface area contributed by atoms with Crippen molar-refractivity contribution in [1.29, 1.82) is 0 Å². The van der Waals surface area contributed by atoms with Gasteiger partial charge in [0, 0.05) is 68.0 Å². The van der Waals surface area contributed by atoms with E-state index in [0.717, 1.165) is 29.7 Å². The van der Waals surface area contributed by atoms with Gasteiger partial charge in [-0.15, -0.1) is 0 Å². The second-order valence-corrected chi connectivity index (χ2v) is 9.20. The summed E-state index contributed by atoms with van der Waals surface area (Å²) < 4.78 is 34.4. The molecule has 4 rings (SSSR count). The van der Waals surface area contributed by atoms with Crippen molar-refractivity contribution in [1.82, 2.24) is 14.4 Å². The van der Waals surface area contributed by atoms with Crippen LogP contribution in [0.2, 0.25) is 0 Å². The van der Waals surface area contributed by atoms with Crippen molar-refractivity contribution in [3.63, 3.8) is 0 Å². The molecule has 1 saturated heterocycles. The van der Waals surface area contributed by atoms with Gasteiger partial charge in [-0.1, -0.05) is 0 Å². The highest BCUT2D eigenvalue weighted by atomic mass is 32.2. The number of rotatable bonds is 4. The third-order valence-corrected chi connectivity index (χ3v) is 6.97. The summed E-state index contributed by atoms with van der Waals surface area (Å²) in [5, 5.41) is 0. The average Bonchev–Trinajstić information content (AvgIpc) is 3.05. The third kappa shape index (κ3) is 4.90. The predicted molar refractivity (Wildman–Crippen MR) is 121 cm³/mol. The molecule has 2 aromatic rings. The molecule has 0 unspecified atom stereocenters. The van der Waals surface area contributed by atoms with Gasteiger partial charge in [-0.05, 0) is 18.2 Å². The van der Waals surface area contributed by atoms with Gasteiger partial charge in [0.15, 0.2) is 0 Å². The summed E-state index contributed by atoms with van der Waals surface area (Å²) in [4.78, 5) is 42.3. The molecular formula is C23H25F2N3O4S. The van der Waals surface area contributed by atoms with Crippen LogP contribution in [0.4, 0.5) is 8.78 Å². The van der Waals surface area contributed by atoms with Gasteiger partial charge in [-0.25, -0.2) is 8.78 Å². The Bertz CT molecular complexity index is 1130. The molecule has 10 heteroatoms. The standard InChI is InChI=1S/C23H25F2N3O4S/c1-32-19-14-21(30)28-7-6-26(20(29)13-15-12-16(24)2-3-17(15)25)5-4-18(28)22(19)23(31)27-8-10-33-11-9-27/h2-3,12,14H,4-11,13H2,1H3. The fourth-order valence-corrected chi connectivity index (χ4v) is 5.17. The van der Waals surface area contributed by atoms with Gasteiger partial charge in [-0.3, -0.25) is 14.4 Å². The molecule has 0 aliphatic carbocycles. The lowest BCUT2D eigenvalue weighted by Gasteiger charge is -2.28. The number of hydrogen-bond donors (Lipinski definition) is 0. The molecule has 0 saturated carbocycles. The van der Waals surface area contributed by atoms with Gasteiger partial charge in [0.25, 0.3) is 11.5 Å². The smallest absolute Gasteiger partial charge is 0.259 e. The van der Waals surface area contributed by atoms with E-state index in [9.17, 15) is 23.2 Å². The normalized spacial score (nSPS) is 16.2. The molecule has 1 fully saturated rings. The van der Waals surface area contributed by atoms with Gasteiger partial charge in [-0.2, -0.15) is 11.8 Å². The van der Waals surface area contributed by atoms with E-state index < -0.39 is 11.6 Å². The number of pyridine rings is 1. The zero-order valence-electron chi connectivity index (χ0n) is 18.3. The van der Waals surface area contributed by atoms with Crippen molar-refractivity contribution in [2.24, 2.45) is 0 Å². The Morgan fingerprint density at radius 2 is 1.79 bits per heavy atom. The van der Waals surface area contributed by atoms with Crippen molar-refractivity contribution in [2.45, 2.75) is 19.4 Å². The monoisotopic (exact) mass is 477 g/mol. The number of carbonyl (C=O) groups is 2. The Hall–Kier alpha value is -2.88. The number of ether oxygens (including phenoxy) is 1. The first-order chi connectivity index (χ1) is 15.9. The summed E-state index contributed by atoms with van der Waals surface area (Å²) in [7, 11) is 1.43. The maximum absolute atomic E-state index is 14.0. The number of methoxy groups -OCH3 is 1. The van der Waals surface area contributed by atoms with Gasteiger partial charge in [0.05, 0.1) is 13.5 Å². The molecule has 7 nitrogen and oxygen atoms in total. The second kappa shape index (κ2) is 9.94. The van der Waals surface area contributed by atoms with E-state index >= 15 is 0 Å². The van der Waals surface area contributed by atoms with Crippen LogP contribution in [0.15, 0.2) is 29.1 Å². The van der Waals surface area contributed by atoms with E-state index in [1.807, 2.05) is 0 Å². The minimum absolute atomic E-state index is 0.0144. The van der Waals surface area contributed by atoms with Crippen molar-refractivity contribution in [2.75, 3.05) is 44.8 Å². The number of benzene rings is 1. The second-order valence-electron chi connectivity index (χ2n) is 7.97. The number of hydrogen-bond acceptors (Lipinski definition) is 5. The average molecular weight is 478 g/mol. The van der Waals surface area contributed by atoms with Crippen LogP contribution in [0.25, 0.3) is 0 Å². The van der Waals surface area contributed by atoms with Gasteiger partial charge in [0.2, 0.25) is 5.91 Å². The van der Waals surface area contributed by atoms with Gasteiger partial charge in [0.1, 0.15) is 22.9 Å². The van der Waals surface area contributed by atoms with Crippen LogP contribution < -0.4 is 10.3 Å². The third-order valence-electron chi connectivity index (χ3n) is 6.03. The molecule has 0 spiro atoms. The number of nitrogens with zero attached hydrogens (tertiary/aromatic N) is 3. The highest BCUT2D eigenvalue weighted by molar-refractivity contribution is 7.99. The van der Waals surface area contributed by atoms with E-state index in [1.165, 1.54) is 22.6 Å². The first-order valence-corrected chi connectivity index (χ1v) is 11.9. The largest absolute Gasteiger partial charge is 0.496 e. The van der Waals surface area contributed by atoms with Gasteiger partial charge < -0.3 is 19.1 Å². The summed E-state index contributed by atoms with van der Waals surface area (Å²) in [6.45, 7) is 1.91. The Labute approximate surface area is 194 Å². The summed E-state index contributed by atoms with van der Waals surface area (Å²) in [6.07, 6.45) is -0.0110. The zero-order valence-corrected chi connectivity index (χ0v) is 19.1. The van der Waals surface area contributed by atoms with Gasteiger partial charge >= 0.3 is 0 Å². The lowest BCUT2D eigenvalue weighted by atomic mass is 10.1. The quantitative estimate of drug-likeness (QED) is 0.673. The Balaban J connectivity index is 1.60. The lowest BCUT2D eigenvalue weighted by molar-refractivity contribution is -0.130. The summed E-state index contributed by atoms with van der Waals surface area (Å²) >= 11 is 1.79. The molecule has 0 bridgehead atoms. The molecule has 2 aliphatic heterocycles. The number of halogens is 2. The number of carbonyl (C=O) groups excluding carboxylic acids is 2. The topological polar surface area (TPSA) is 71.8 Å². The fraction of sp³-hybridized carbons (Fsp3) is 0.435. The summed E-state index contributed by atoms with van der Waals surface area (Å²) in [6, 6.07) is 4.34. The molecule has 2 amide bonds. The highest BCUT2D eigenvalue weighted by Gasteiger charge is 2.30. The highest BCUT2D eigenvalue weighted by Crippen LogP contribution is 2.26. The molecular weight excluding hydrogens is 452 g/mol. The van der Waals surface area contributed by atoms with Crippen molar-refractivity contribution in [3.05, 3.63) is 63.1 Å². The van der Waals surface area contributed by atoms with Crippen LogP contribution in [-0.2, 0) is 24.2 Å². The Morgan fingerprint density at radius 1 is 1.03 bits per heavy atom. The molecule has 33 heavy (non-hydrogen) atoms. The van der Waals surface area contributed by atoms with Crippen LogP contribution in [0, 0.1) is 11.6 Å². The number of aromatic nitrogens is 1. The van der Waals surface area contributed by atoms with E-state index in [4.69, 9.17) is 4.74 Å². The maximum atomic E-state index is 14.0.